The first-order valence-electron chi connectivity index (χ1n) is 4.15. The summed E-state index contributed by atoms with van der Waals surface area (Å²) in [5, 5.41) is 9.49. The molecule has 2 aromatic rings. The Kier molecular flexibility index (Phi) is 5.39. The average molecular weight is 267 g/mol. The van der Waals surface area contributed by atoms with E-state index in [4.69, 9.17) is 21.4 Å². The summed E-state index contributed by atoms with van der Waals surface area (Å²) in [5.41, 5.74) is 0.597. The number of carbonyl (C=O) groups excluding carboxylic acids is 1. The summed E-state index contributed by atoms with van der Waals surface area (Å²) in [5.74, 6) is -0.391. The molecule has 0 saturated carbocycles. The van der Waals surface area contributed by atoms with Gasteiger partial charge in [-0.1, -0.05) is 11.6 Å². The normalized spacial score (nSPS) is 9.88. The van der Waals surface area contributed by atoms with Crippen LogP contribution in [0, 0.1) is 0 Å². The number of ether oxygens (including phenoxy) is 1. The zero-order valence-corrected chi connectivity index (χ0v) is 12.4. The molecular formula is C9H8ClKN2O3. The van der Waals surface area contributed by atoms with Crippen molar-refractivity contribution in [3.8, 4) is 5.75 Å². The van der Waals surface area contributed by atoms with Crippen LogP contribution in [0.1, 0.15) is 1.43 Å². The number of fused-ring (bicyclic) bond motifs is 1. The molecule has 80 valence electrons. The first-order chi connectivity index (χ1) is 7.22. The molecule has 0 spiro atoms. The van der Waals surface area contributed by atoms with Crippen molar-refractivity contribution in [3.05, 3.63) is 23.6 Å². The van der Waals surface area contributed by atoms with E-state index < -0.39 is 12.6 Å². The van der Waals surface area contributed by atoms with E-state index in [0.29, 0.717) is 21.8 Å². The van der Waals surface area contributed by atoms with Crippen LogP contribution in [-0.4, -0.2) is 27.7 Å². The Balaban J connectivity index is 0.00000128. The summed E-state index contributed by atoms with van der Waals surface area (Å²) in [6.07, 6.45) is 3.00. The van der Waals surface area contributed by atoms with Crippen LogP contribution in [0.25, 0.3) is 10.9 Å². The van der Waals surface area contributed by atoms with Gasteiger partial charge in [0.25, 0.3) is 0 Å². The number of rotatable bonds is 2. The van der Waals surface area contributed by atoms with E-state index in [1.165, 1.54) is 12.4 Å². The van der Waals surface area contributed by atoms with E-state index in [1.807, 2.05) is 0 Å². The van der Waals surface area contributed by atoms with Crippen LogP contribution in [0.5, 0.6) is 5.75 Å². The predicted octanol–water partition coefficient (Wildman–Crippen LogP) is -1.77. The van der Waals surface area contributed by atoms with E-state index in [9.17, 15) is 4.79 Å². The van der Waals surface area contributed by atoms with Crippen molar-refractivity contribution in [2.24, 2.45) is 0 Å². The van der Waals surface area contributed by atoms with Gasteiger partial charge in [0.05, 0.1) is 5.52 Å². The van der Waals surface area contributed by atoms with Gasteiger partial charge in [0.15, 0.2) is 10.9 Å². The van der Waals surface area contributed by atoms with Crippen molar-refractivity contribution in [3.63, 3.8) is 0 Å². The molecule has 0 amide bonds. The maximum atomic E-state index is 10.9. The minimum Gasteiger partial charge on any atom is -1.00 e. The van der Waals surface area contributed by atoms with Gasteiger partial charge in [-0.05, 0) is 6.07 Å². The second kappa shape index (κ2) is 6.11. The van der Waals surface area contributed by atoms with Crippen molar-refractivity contribution in [2.45, 2.75) is 0 Å². The molecule has 16 heavy (non-hydrogen) atoms. The third-order valence-electron chi connectivity index (χ3n) is 1.87. The zero-order chi connectivity index (χ0) is 10.8. The molecule has 2 N–H and O–H groups in total. The summed E-state index contributed by atoms with van der Waals surface area (Å²) in [4.78, 5) is 17.6. The Labute approximate surface area is 140 Å². The molecule has 5 nitrogen and oxygen atoms in total. The number of aliphatic hydroxyl groups is 1. The molecule has 0 aliphatic carbocycles. The Morgan fingerprint density at radius 1 is 1.69 bits per heavy atom. The van der Waals surface area contributed by atoms with Gasteiger partial charge in [0, 0.05) is 17.8 Å². The number of esters is 1. The molecular weight excluding hydrogens is 259 g/mol. The molecule has 0 unspecified atom stereocenters. The molecule has 0 aliphatic rings. The first-order valence-corrected chi connectivity index (χ1v) is 4.53. The number of aromatic amines is 1. The fourth-order valence-corrected chi connectivity index (χ4v) is 1.45. The molecule has 0 aliphatic heterocycles. The Morgan fingerprint density at radius 2 is 2.44 bits per heavy atom. The van der Waals surface area contributed by atoms with Gasteiger partial charge in [-0.25, -0.2) is 9.78 Å². The number of carbonyl (C=O) groups is 1. The molecule has 0 radical (unpaired) electrons. The summed E-state index contributed by atoms with van der Waals surface area (Å²) >= 11 is 5.81. The van der Waals surface area contributed by atoms with Crippen molar-refractivity contribution in [2.75, 3.05) is 6.61 Å². The van der Waals surface area contributed by atoms with Crippen molar-refractivity contribution in [1.29, 1.82) is 0 Å². The second-order valence-corrected chi connectivity index (χ2v) is 3.17. The maximum absolute atomic E-state index is 10.9. The number of aromatic nitrogens is 2. The molecule has 0 aromatic carbocycles. The molecule has 0 atom stereocenters. The zero-order valence-electron chi connectivity index (χ0n) is 9.53. The van der Waals surface area contributed by atoms with E-state index in [0.717, 1.165) is 0 Å². The summed E-state index contributed by atoms with van der Waals surface area (Å²) in [6.45, 7) is -0.661. The van der Waals surface area contributed by atoms with Gasteiger partial charge >= 0.3 is 57.4 Å². The Morgan fingerprint density at radius 3 is 3.12 bits per heavy atom. The number of nitrogens with one attached hydrogen (secondary N) is 1. The number of hydrogen-bond acceptors (Lipinski definition) is 4. The summed E-state index contributed by atoms with van der Waals surface area (Å²) < 4.78 is 4.87. The smallest absolute Gasteiger partial charge is 1.00 e. The number of nitrogens with zero attached hydrogens (tertiary/aromatic N) is 1. The quantitative estimate of drug-likeness (QED) is 0.383. The van der Waals surface area contributed by atoms with Crippen molar-refractivity contribution < 1.29 is 67.4 Å². The van der Waals surface area contributed by atoms with Crippen molar-refractivity contribution >= 4 is 28.5 Å². The summed E-state index contributed by atoms with van der Waals surface area (Å²) in [6, 6.07) is 1.66. The number of H-pyrrole nitrogens is 1. The van der Waals surface area contributed by atoms with E-state index in [-0.39, 0.29) is 52.8 Å². The minimum atomic E-state index is -0.719. The van der Waals surface area contributed by atoms with Crippen LogP contribution in [0.2, 0.25) is 5.15 Å². The van der Waals surface area contributed by atoms with Crippen LogP contribution in [-0.2, 0) is 4.79 Å². The van der Waals surface area contributed by atoms with Crippen LogP contribution in [0.4, 0.5) is 0 Å². The minimum absolute atomic E-state index is 0. The topological polar surface area (TPSA) is 75.2 Å². The van der Waals surface area contributed by atoms with Gasteiger partial charge in [-0.15, -0.1) is 0 Å². The van der Waals surface area contributed by atoms with Gasteiger partial charge < -0.3 is 16.3 Å². The Hall–Kier alpha value is 0.0464. The van der Waals surface area contributed by atoms with Gasteiger partial charge in [0.1, 0.15) is 6.61 Å². The first kappa shape index (κ1) is 14.1. The van der Waals surface area contributed by atoms with Crippen LogP contribution < -0.4 is 56.1 Å². The second-order valence-electron chi connectivity index (χ2n) is 2.81. The third-order valence-corrected chi connectivity index (χ3v) is 2.16. The molecule has 0 bridgehead atoms. The molecule has 2 rings (SSSR count). The van der Waals surface area contributed by atoms with Gasteiger partial charge in [-0.3, -0.25) is 0 Å². The van der Waals surface area contributed by atoms with E-state index in [2.05, 4.69) is 9.97 Å². The number of aliphatic hydroxyl groups excluding tert-OH is 1. The predicted molar refractivity (Wildman–Crippen MR) is 54.9 cm³/mol. The molecule has 0 fully saturated rings. The third kappa shape index (κ3) is 2.83. The van der Waals surface area contributed by atoms with Crippen LogP contribution in [0.3, 0.4) is 0 Å². The number of pyridine rings is 1. The van der Waals surface area contributed by atoms with Gasteiger partial charge in [-0.2, -0.15) is 0 Å². The molecule has 7 heteroatoms. The largest absolute Gasteiger partial charge is 1.00 e. The maximum Gasteiger partial charge on any atom is 1.00 e. The monoisotopic (exact) mass is 266 g/mol. The average Bonchev–Trinajstić information content (AvgIpc) is 2.63. The molecule has 0 saturated heterocycles. The van der Waals surface area contributed by atoms with Crippen molar-refractivity contribution in [1.82, 2.24) is 9.97 Å². The standard InChI is InChI=1S/C9H7ClN2O3.K.H/c10-9-8-5(1-2-11-9)6(3-12-8)15-7(14)4-13;;/h1-3,12-13H,4H2;;/q;+1;-1. The van der Waals surface area contributed by atoms with Crippen LogP contribution in [0.15, 0.2) is 18.5 Å². The van der Waals surface area contributed by atoms with Crippen LogP contribution >= 0.6 is 11.6 Å². The molecule has 2 heterocycles. The summed E-state index contributed by atoms with van der Waals surface area (Å²) in [7, 11) is 0. The fourth-order valence-electron chi connectivity index (χ4n) is 1.23. The molecule has 2 aromatic heterocycles. The van der Waals surface area contributed by atoms with E-state index in [1.54, 1.807) is 6.07 Å². The Bertz CT molecular complexity index is 520. The van der Waals surface area contributed by atoms with Gasteiger partial charge in [0.2, 0.25) is 0 Å². The number of hydrogen-bond donors (Lipinski definition) is 2. The van der Waals surface area contributed by atoms with E-state index >= 15 is 0 Å². The fraction of sp³-hybridized carbons (Fsp3) is 0.111. The number of halogens is 1. The SMILES string of the molecule is O=C(CO)Oc1c[nH]c2c(Cl)nccc12.[H-].[K+].